The molecule has 1 atom stereocenters. The Hall–Kier alpha value is -1.34. The lowest BCUT2D eigenvalue weighted by atomic mass is 9.95. The van der Waals surface area contributed by atoms with Crippen molar-refractivity contribution in [2.75, 3.05) is 0 Å². The lowest BCUT2D eigenvalue weighted by Crippen LogP contribution is -2.07. The van der Waals surface area contributed by atoms with Crippen LogP contribution in [-0.2, 0) is 11.3 Å². The topological polar surface area (TPSA) is 9.23 Å². The fourth-order valence-electron chi connectivity index (χ4n) is 1.67. The molecule has 0 aliphatic carbocycles. The van der Waals surface area contributed by atoms with Crippen LogP contribution in [0, 0.1) is 0 Å². The third kappa shape index (κ3) is 1.40. The molecular weight excluding hydrogens is 172 g/mol. The van der Waals surface area contributed by atoms with E-state index in [9.17, 15) is 0 Å². The molecule has 1 heterocycles. The fraction of sp³-hybridized carbons (Fsp3) is 0.231. The van der Waals surface area contributed by atoms with Crippen molar-refractivity contribution >= 4 is 5.57 Å². The SMILES string of the molecule is C=C1C(=C)C(C)OCc2ccccc21. The highest BCUT2D eigenvalue weighted by atomic mass is 16.5. The average Bonchev–Trinajstić information content (AvgIpc) is 2.32. The quantitative estimate of drug-likeness (QED) is 0.604. The molecule has 1 aliphatic heterocycles. The van der Waals surface area contributed by atoms with E-state index in [0.717, 1.165) is 11.1 Å². The van der Waals surface area contributed by atoms with Gasteiger partial charge in [0.05, 0.1) is 12.7 Å². The summed E-state index contributed by atoms with van der Waals surface area (Å²) in [7, 11) is 0. The second-order valence-corrected chi connectivity index (χ2v) is 3.61. The molecule has 1 heteroatoms. The lowest BCUT2D eigenvalue weighted by molar-refractivity contribution is 0.0820. The zero-order valence-electron chi connectivity index (χ0n) is 8.42. The second kappa shape index (κ2) is 3.43. The predicted molar refractivity (Wildman–Crippen MR) is 58.9 cm³/mol. The Bertz CT molecular complexity index is 390. The van der Waals surface area contributed by atoms with Gasteiger partial charge in [0.1, 0.15) is 0 Å². The minimum absolute atomic E-state index is 0.0647. The summed E-state index contributed by atoms with van der Waals surface area (Å²) < 4.78 is 5.65. The molecule has 0 amide bonds. The van der Waals surface area contributed by atoms with Gasteiger partial charge in [-0.05, 0) is 29.2 Å². The van der Waals surface area contributed by atoms with Crippen LogP contribution in [0.3, 0.4) is 0 Å². The second-order valence-electron chi connectivity index (χ2n) is 3.61. The molecule has 1 aromatic rings. The van der Waals surface area contributed by atoms with Crippen LogP contribution in [0.5, 0.6) is 0 Å². The molecule has 14 heavy (non-hydrogen) atoms. The van der Waals surface area contributed by atoms with Crippen LogP contribution in [0.25, 0.3) is 5.57 Å². The Morgan fingerprint density at radius 1 is 1.29 bits per heavy atom. The van der Waals surface area contributed by atoms with Gasteiger partial charge >= 0.3 is 0 Å². The van der Waals surface area contributed by atoms with Crippen molar-refractivity contribution in [2.45, 2.75) is 19.6 Å². The van der Waals surface area contributed by atoms with Crippen molar-refractivity contribution in [1.29, 1.82) is 0 Å². The number of hydrogen-bond donors (Lipinski definition) is 0. The summed E-state index contributed by atoms with van der Waals surface area (Å²) in [5.74, 6) is 0. The number of ether oxygens (including phenoxy) is 1. The standard InChI is InChI=1S/C13H14O/c1-9-10(2)13-7-5-4-6-12(13)8-14-11(9)3/h4-7,11H,1-2,8H2,3H3. The molecular formula is C13H14O. The van der Waals surface area contributed by atoms with Gasteiger partial charge in [0.2, 0.25) is 0 Å². The van der Waals surface area contributed by atoms with Gasteiger partial charge in [-0.25, -0.2) is 0 Å². The monoisotopic (exact) mass is 186 g/mol. The highest BCUT2D eigenvalue weighted by Crippen LogP contribution is 2.30. The van der Waals surface area contributed by atoms with Crippen LogP contribution in [-0.4, -0.2) is 6.10 Å². The third-order valence-electron chi connectivity index (χ3n) is 2.71. The first-order valence-electron chi connectivity index (χ1n) is 4.78. The van der Waals surface area contributed by atoms with Gasteiger partial charge in [-0.2, -0.15) is 0 Å². The molecule has 72 valence electrons. The Balaban J connectivity index is 2.50. The average molecular weight is 186 g/mol. The van der Waals surface area contributed by atoms with Gasteiger partial charge in [0.15, 0.2) is 0 Å². The van der Waals surface area contributed by atoms with E-state index in [4.69, 9.17) is 4.74 Å². The minimum atomic E-state index is 0.0647. The van der Waals surface area contributed by atoms with E-state index in [-0.39, 0.29) is 6.10 Å². The Kier molecular flexibility index (Phi) is 2.26. The maximum atomic E-state index is 5.65. The molecule has 0 spiro atoms. The Morgan fingerprint density at radius 2 is 2.00 bits per heavy atom. The maximum Gasteiger partial charge on any atom is 0.0801 e. The van der Waals surface area contributed by atoms with E-state index in [0.29, 0.717) is 6.61 Å². The van der Waals surface area contributed by atoms with Crippen LogP contribution < -0.4 is 0 Å². The third-order valence-corrected chi connectivity index (χ3v) is 2.71. The van der Waals surface area contributed by atoms with Crippen molar-refractivity contribution in [3.05, 3.63) is 54.1 Å². The summed E-state index contributed by atoms with van der Waals surface area (Å²) in [5, 5.41) is 0. The normalized spacial score (nSPS) is 21.6. The Morgan fingerprint density at radius 3 is 2.79 bits per heavy atom. The summed E-state index contributed by atoms with van der Waals surface area (Å²) in [6.45, 7) is 10.7. The van der Waals surface area contributed by atoms with E-state index >= 15 is 0 Å². The van der Waals surface area contributed by atoms with Crippen molar-refractivity contribution in [1.82, 2.24) is 0 Å². The zero-order chi connectivity index (χ0) is 10.1. The first-order valence-corrected chi connectivity index (χ1v) is 4.78. The molecule has 0 saturated heterocycles. The summed E-state index contributed by atoms with van der Waals surface area (Å²) in [4.78, 5) is 0. The van der Waals surface area contributed by atoms with Gasteiger partial charge in [-0.15, -0.1) is 0 Å². The molecule has 0 fully saturated rings. The molecule has 1 aliphatic rings. The number of fused-ring (bicyclic) bond motifs is 1. The summed E-state index contributed by atoms with van der Waals surface area (Å²) in [6.07, 6.45) is 0.0647. The largest absolute Gasteiger partial charge is 0.369 e. The molecule has 0 bridgehead atoms. The first kappa shape index (κ1) is 9.22. The van der Waals surface area contributed by atoms with Crippen LogP contribution in [0.1, 0.15) is 18.1 Å². The van der Waals surface area contributed by atoms with Crippen molar-refractivity contribution < 1.29 is 4.74 Å². The van der Waals surface area contributed by atoms with E-state index in [1.165, 1.54) is 11.1 Å². The van der Waals surface area contributed by atoms with E-state index in [1.807, 2.05) is 19.1 Å². The molecule has 1 nitrogen and oxygen atoms in total. The highest BCUT2D eigenvalue weighted by Gasteiger charge is 2.18. The molecule has 1 unspecified atom stereocenters. The van der Waals surface area contributed by atoms with E-state index in [2.05, 4.69) is 25.3 Å². The molecule has 0 aromatic heterocycles. The molecule has 0 radical (unpaired) electrons. The summed E-state index contributed by atoms with van der Waals surface area (Å²) in [5.41, 5.74) is 4.35. The van der Waals surface area contributed by atoms with Crippen molar-refractivity contribution in [3.63, 3.8) is 0 Å². The van der Waals surface area contributed by atoms with Crippen LogP contribution >= 0.6 is 0 Å². The molecule has 2 rings (SSSR count). The maximum absolute atomic E-state index is 5.65. The van der Waals surface area contributed by atoms with Crippen molar-refractivity contribution in [3.8, 4) is 0 Å². The molecule has 1 aromatic carbocycles. The van der Waals surface area contributed by atoms with Gasteiger partial charge in [-0.1, -0.05) is 37.4 Å². The summed E-state index contributed by atoms with van der Waals surface area (Å²) >= 11 is 0. The van der Waals surface area contributed by atoms with Crippen molar-refractivity contribution in [2.24, 2.45) is 0 Å². The van der Waals surface area contributed by atoms with Gasteiger partial charge in [0.25, 0.3) is 0 Å². The number of benzene rings is 1. The van der Waals surface area contributed by atoms with Crippen LogP contribution in [0.15, 0.2) is 43.0 Å². The van der Waals surface area contributed by atoms with E-state index < -0.39 is 0 Å². The first-order chi connectivity index (χ1) is 6.70. The van der Waals surface area contributed by atoms with Crippen LogP contribution in [0.2, 0.25) is 0 Å². The lowest BCUT2D eigenvalue weighted by Gasteiger charge is -2.12. The highest BCUT2D eigenvalue weighted by molar-refractivity contribution is 5.79. The van der Waals surface area contributed by atoms with Gasteiger partial charge in [0, 0.05) is 0 Å². The smallest absolute Gasteiger partial charge is 0.0801 e. The van der Waals surface area contributed by atoms with Gasteiger partial charge < -0.3 is 4.74 Å². The minimum Gasteiger partial charge on any atom is -0.369 e. The molecule has 0 N–H and O–H groups in total. The Labute approximate surface area is 84.7 Å². The summed E-state index contributed by atoms with van der Waals surface area (Å²) in [6, 6.07) is 8.19. The van der Waals surface area contributed by atoms with E-state index in [1.54, 1.807) is 0 Å². The molecule has 0 saturated carbocycles. The number of rotatable bonds is 0. The number of hydrogen-bond acceptors (Lipinski definition) is 1. The zero-order valence-corrected chi connectivity index (χ0v) is 8.42. The predicted octanol–water partition coefficient (Wildman–Crippen LogP) is 3.17. The fourth-order valence-corrected chi connectivity index (χ4v) is 1.67. The van der Waals surface area contributed by atoms with Crippen LogP contribution in [0.4, 0.5) is 0 Å². The van der Waals surface area contributed by atoms with Gasteiger partial charge in [-0.3, -0.25) is 0 Å².